The number of primary sulfonamides is 1. The zero-order valence-corrected chi connectivity index (χ0v) is 11.8. The van der Waals surface area contributed by atoms with Gasteiger partial charge in [-0.1, -0.05) is 23.7 Å². The second-order valence-electron chi connectivity index (χ2n) is 4.19. The van der Waals surface area contributed by atoms with E-state index in [0.29, 0.717) is 22.0 Å². The molecular weight excluding hydrogens is 302 g/mol. The van der Waals surface area contributed by atoms with Crippen LogP contribution in [0.3, 0.4) is 0 Å². The van der Waals surface area contributed by atoms with Gasteiger partial charge in [-0.15, -0.1) is 0 Å². The predicted octanol–water partition coefficient (Wildman–Crippen LogP) is 1.71. The van der Waals surface area contributed by atoms with E-state index in [-0.39, 0.29) is 11.7 Å². The zero-order chi connectivity index (χ0) is 14.8. The molecule has 1 aromatic carbocycles. The molecule has 0 radical (unpaired) electrons. The van der Waals surface area contributed by atoms with Gasteiger partial charge in [0, 0.05) is 11.9 Å². The van der Waals surface area contributed by atoms with Gasteiger partial charge in [-0.05, 0) is 23.8 Å². The molecule has 0 fully saturated rings. The molecule has 0 saturated heterocycles. The average molecular weight is 314 g/mol. The van der Waals surface area contributed by atoms with Crippen LogP contribution in [0.4, 0.5) is 5.69 Å². The summed E-state index contributed by atoms with van der Waals surface area (Å²) in [5.74, 6) is -0.580. The van der Waals surface area contributed by atoms with Gasteiger partial charge in [0.15, 0.2) is 0 Å². The van der Waals surface area contributed by atoms with E-state index in [1.807, 2.05) is 0 Å². The minimum absolute atomic E-state index is 0.243. The van der Waals surface area contributed by atoms with Crippen molar-refractivity contribution in [1.29, 1.82) is 0 Å². The number of benzene rings is 1. The van der Waals surface area contributed by atoms with Gasteiger partial charge in [0.25, 0.3) is 5.91 Å². The lowest BCUT2D eigenvalue weighted by molar-refractivity contribution is 0.102. The summed E-state index contributed by atoms with van der Waals surface area (Å²) in [6.07, 6.45) is 1.51. The molecule has 0 unspecified atom stereocenters. The van der Waals surface area contributed by atoms with Gasteiger partial charge in [-0.25, -0.2) is 13.6 Å². The van der Waals surface area contributed by atoms with Crippen LogP contribution in [0.2, 0.25) is 5.02 Å². The third-order valence-corrected chi connectivity index (χ3v) is 3.43. The first-order valence-electron chi connectivity index (χ1n) is 5.58. The van der Waals surface area contributed by atoms with E-state index in [0.717, 1.165) is 0 Å². The molecule has 8 heteroatoms. The van der Waals surface area contributed by atoms with Crippen LogP contribution >= 0.6 is 11.6 Å². The van der Waals surface area contributed by atoms with Crippen LogP contribution in [0.25, 0.3) is 0 Å². The number of anilines is 1. The highest BCUT2D eigenvalue weighted by Crippen LogP contribution is 2.14. The van der Waals surface area contributed by atoms with E-state index in [9.17, 15) is 13.2 Å². The third-order valence-electron chi connectivity index (χ3n) is 2.47. The lowest BCUT2D eigenvalue weighted by atomic mass is 10.2. The van der Waals surface area contributed by atoms with Crippen LogP contribution in [-0.4, -0.2) is 19.3 Å². The lowest BCUT2D eigenvalue weighted by Gasteiger charge is -2.05. The van der Waals surface area contributed by atoms with Crippen molar-refractivity contribution in [2.75, 3.05) is 5.32 Å². The van der Waals surface area contributed by atoms with Crippen molar-refractivity contribution in [3.63, 3.8) is 0 Å². The maximum absolute atomic E-state index is 11.8. The maximum atomic E-state index is 11.8. The molecule has 4 N–H and O–H groups in total. The van der Waals surface area contributed by atoms with Crippen molar-refractivity contribution in [3.05, 3.63) is 52.8 Å². The van der Waals surface area contributed by atoms with Crippen molar-refractivity contribution in [2.24, 2.45) is 5.14 Å². The summed E-state index contributed by atoms with van der Waals surface area (Å²) in [5.41, 5.74) is 1.43. The van der Waals surface area contributed by atoms with Crippen molar-refractivity contribution in [2.45, 2.75) is 5.75 Å². The smallest absolute Gasteiger partial charge is 0.272 e. The van der Waals surface area contributed by atoms with E-state index in [1.54, 1.807) is 24.3 Å². The molecule has 2 rings (SSSR count). The van der Waals surface area contributed by atoms with Gasteiger partial charge in [-0.3, -0.25) is 4.79 Å². The number of carbonyl (C=O) groups is 1. The van der Waals surface area contributed by atoms with E-state index in [1.165, 1.54) is 12.3 Å². The molecule has 2 aromatic rings. The Kier molecular flexibility index (Phi) is 4.12. The fourth-order valence-electron chi connectivity index (χ4n) is 1.61. The third kappa shape index (κ3) is 4.09. The number of amides is 1. The maximum Gasteiger partial charge on any atom is 0.272 e. The number of rotatable bonds is 4. The largest absolute Gasteiger partial charge is 0.356 e. The first-order valence-corrected chi connectivity index (χ1v) is 7.67. The van der Waals surface area contributed by atoms with Crippen LogP contribution < -0.4 is 10.5 Å². The molecule has 20 heavy (non-hydrogen) atoms. The summed E-state index contributed by atoms with van der Waals surface area (Å²) >= 11 is 5.71. The standard InChI is InChI=1S/C12H12ClN3O3S/c13-9-5-11(15-6-9)12(17)16-10-3-1-8(2-4-10)7-20(14,18)19/h1-6,15H,7H2,(H,16,17)(H2,14,18,19). The monoisotopic (exact) mass is 313 g/mol. The van der Waals surface area contributed by atoms with Crippen LogP contribution in [0, 0.1) is 0 Å². The molecule has 0 saturated carbocycles. The van der Waals surface area contributed by atoms with Crippen LogP contribution in [-0.2, 0) is 15.8 Å². The normalized spacial score (nSPS) is 11.3. The van der Waals surface area contributed by atoms with E-state index in [4.69, 9.17) is 16.7 Å². The number of hydrogen-bond acceptors (Lipinski definition) is 3. The Morgan fingerprint density at radius 3 is 2.45 bits per heavy atom. The van der Waals surface area contributed by atoms with Crippen molar-refractivity contribution in [1.82, 2.24) is 4.98 Å². The van der Waals surface area contributed by atoms with Crippen molar-refractivity contribution < 1.29 is 13.2 Å². The Morgan fingerprint density at radius 2 is 1.95 bits per heavy atom. The Labute approximate surface area is 121 Å². The quantitative estimate of drug-likeness (QED) is 0.800. The number of aromatic nitrogens is 1. The molecule has 0 aliphatic carbocycles. The van der Waals surface area contributed by atoms with Gasteiger partial charge in [0.05, 0.1) is 10.8 Å². The van der Waals surface area contributed by atoms with E-state index < -0.39 is 10.0 Å². The highest BCUT2D eigenvalue weighted by molar-refractivity contribution is 7.88. The molecule has 1 amide bonds. The Bertz CT molecular complexity index is 723. The van der Waals surface area contributed by atoms with Crippen molar-refractivity contribution in [3.8, 4) is 0 Å². The Morgan fingerprint density at radius 1 is 1.30 bits per heavy atom. The van der Waals surface area contributed by atoms with Gasteiger partial charge in [0.2, 0.25) is 10.0 Å². The number of sulfonamides is 1. The number of nitrogens with one attached hydrogen (secondary N) is 2. The summed E-state index contributed by atoms with van der Waals surface area (Å²) in [7, 11) is -3.56. The SMILES string of the molecule is NS(=O)(=O)Cc1ccc(NC(=O)c2cc(Cl)c[nH]2)cc1. The van der Waals surface area contributed by atoms with Crippen LogP contribution in [0.15, 0.2) is 36.5 Å². The summed E-state index contributed by atoms with van der Waals surface area (Å²) < 4.78 is 21.9. The number of aromatic amines is 1. The highest BCUT2D eigenvalue weighted by atomic mass is 35.5. The summed E-state index contributed by atoms with van der Waals surface area (Å²) in [6.45, 7) is 0. The highest BCUT2D eigenvalue weighted by Gasteiger charge is 2.09. The molecule has 0 aliphatic heterocycles. The Balaban J connectivity index is 2.06. The molecule has 6 nitrogen and oxygen atoms in total. The van der Waals surface area contributed by atoms with Gasteiger partial charge in [-0.2, -0.15) is 0 Å². The fourth-order valence-corrected chi connectivity index (χ4v) is 2.43. The first kappa shape index (κ1) is 14.6. The molecule has 0 bridgehead atoms. The summed E-state index contributed by atoms with van der Waals surface area (Å²) in [5, 5.41) is 8.05. The second kappa shape index (κ2) is 5.66. The predicted molar refractivity (Wildman–Crippen MR) is 77.0 cm³/mol. The molecule has 1 heterocycles. The number of H-pyrrole nitrogens is 1. The van der Waals surface area contributed by atoms with Gasteiger partial charge >= 0.3 is 0 Å². The van der Waals surface area contributed by atoms with E-state index in [2.05, 4.69) is 10.3 Å². The molecule has 106 valence electrons. The van der Waals surface area contributed by atoms with Crippen LogP contribution in [0.1, 0.15) is 16.1 Å². The molecule has 1 aromatic heterocycles. The zero-order valence-electron chi connectivity index (χ0n) is 10.3. The van der Waals surface area contributed by atoms with E-state index >= 15 is 0 Å². The molecule has 0 spiro atoms. The topological polar surface area (TPSA) is 105 Å². The minimum atomic E-state index is -3.56. The molecule has 0 aliphatic rings. The molecular formula is C12H12ClN3O3S. The summed E-state index contributed by atoms with van der Waals surface area (Å²) in [4.78, 5) is 14.6. The number of nitrogens with two attached hydrogens (primary N) is 1. The Hall–Kier alpha value is -1.83. The van der Waals surface area contributed by atoms with Crippen LogP contribution in [0.5, 0.6) is 0 Å². The molecule has 0 atom stereocenters. The minimum Gasteiger partial charge on any atom is -0.356 e. The van der Waals surface area contributed by atoms with Gasteiger partial charge < -0.3 is 10.3 Å². The fraction of sp³-hybridized carbons (Fsp3) is 0.0833. The van der Waals surface area contributed by atoms with Crippen molar-refractivity contribution >= 4 is 33.2 Å². The second-order valence-corrected chi connectivity index (χ2v) is 6.24. The number of carbonyl (C=O) groups excluding carboxylic acids is 1. The summed E-state index contributed by atoms with van der Waals surface area (Å²) in [6, 6.07) is 7.88. The number of hydrogen-bond donors (Lipinski definition) is 3. The lowest BCUT2D eigenvalue weighted by Crippen LogP contribution is -2.15. The van der Waals surface area contributed by atoms with Gasteiger partial charge in [0.1, 0.15) is 5.69 Å². The number of halogens is 1. The first-order chi connectivity index (χ1) is 9.33. The average Bonchev–Trinajstić information content (AvgIpc) is 2.77.